The van der Waals surface area contributed by atoms with Crippen molar-refractivity contribution in [3.05, 3.63) is 59.9 Å². The lowest BCUT2D eigenvalue weighted by molar-refractivity contribution is -0.120. The molecule has 3 rings (SSSR count). The Balaban J connectivity index is 1.61. The average molecular weight is 434 g/mol. The number of hydrogen-bond donors (Lipinski definition) is 1. The van der Waals surface area contributed by atoms with Gasteiger partial charge >= 0.3 is 0 Å². The third-order valence-electron chi connectivity index (χ3n) is 5.08. The molecule has 0 bridgehead atoms. The summed E-state index contributed by atoms with van der Waals surface area (Å²) in [5.41, 5.74) is 0.916. The van der Waals surface area contributed by atoms with E-state index in [0.717, 1.165) is 0 Å². The number of amides is 2. The summed E-state index contributed by atoms with van der Waals surface area (Å²) in [7, 11) is -0.446. The van der Waals surface area contributed by atoms with Gasteiger partial charge < -0.3 is 10.2 Å². The van der Waals surface area contributed by atoms with E-state index in [9.17, 15) is 22.4 Å². The molecule has 1 aliphatic heterocycles. The first-order valence-electron chi connectivity index (χ1n) is 9.57. The summed E-state index contributed by atoms with van der Waals surface area (Å²) in [5.74, 6) is -1.11. The quantitative estimate of drug-likeness (QED) is 0.785. The Morgan fingerprint density at radius 2 is 1.57 bits per heavy atom. The zero-order valence-electron chi connectivity index (χ0n) is 16.8. The molecule has 0 spiro atoms. The van der Waals surface area contributed by atoms with Gasteiger partial charge in [-0.2, -0.15) is 4.31 Å². The lowest BCUT2D eigenvalue weighted by Gasteiger charge is -2.30. The number of halogens is 1. The van der Waals surface area contributed by atoms with Gasteiger partial charge in [0.25, 0.3) is 5.91 Å². The van der Waals surface area contributed by atoms with E-state index in [2.05, 4.69) is 5.32 Å². The summed E-state index contributed by atoms with van der Waals surface area (Å²) in [5, 5.41) is 2.74. The van der Waals surface area contributed by atoms with Gasteiger partial charge in [-0.15, -0.1) is 0 Å². The summed E-state index contributed by atoms with van der Waals surface area (Å²) in [6.45, 7) is 0.449. The van der Waals surface area contributed by atoms with Gasteiger partial charge in [0, 0.05) is 44.4 Å². The van der Waals surface area contributed by atoms with Crippen molar-refractivity contribution in [2.24, 2.45) is 5.92 Å². The van der Waals surface area contributed by atoms with Crippen LogP contribution in [0.2, 0.25) is 0 Å². The predicted octanol–water partition coefficient (Wildman–Crippen LogP) is 2.57. The van der Waals surface area contributed by atoms with Gasteiger partial charge in [0.2, 0.25) is 15.9 Å². The minimum atomic E-state index is -3.70. The van der Waals surface area contributed by atoms with Crippen molar-refractivity contribution >= 4 is 27.5 Å². The number of sulfonamides is 1. The molecule has 2 aromatic rings. The fourth-order valence-electron chi connectivity index (χ4n) is 3.31. The molecule has 1 aliphatic rings. The van der Waals surface area contributed by atoms with Gasteiger partial charge in [-0.25, -0.2) is 12.8 Å². The summed E-state index contributed by atoms with van der Waals surface area (Å²) >= 11 is 0. The maximum Gasteiger partial charge on any atom is 0.253 e. The Hall–Kier alpha value is -2.78. The number of nitrogens with one attached hydrogen (secondary N) is 1. The van der Waals surface area contributed by atoms with Crippen LogP contribution in [0, 0.1) is 11.7 Å². The Morgan fingerprint density at radius 1 is 1.00 bits per heavy atom. The number of piperidine rings is 1. The molecule has 2 aromatic carbocycles. The molecule has 7 nitrogen and oxygen atoms in total. The zero-order chi connectivity index (χ0) is 21.9. The molecule has 0 atom stereocenters. The number of carbonyl (C=O) groups is 2. The van der Waals surface area contributed by atoms with Crippen LogP contribution < -0.4 is 5.32 Å². The number of rotatable bonds is 5. The topological polar surface area (TPSA) is 86.8 Å². The minimum Gasteiger partial charge on any atom is -0.345 e. The van der Waals surface area contributed by atoms with E-state index in [4.69, 9.17) is 0 Å². The van der Waals surface area contributed by atoms with Crippen LogP contribution in [0.3, 0.4) is 0 Å². The standard InChI is InChI=1S/C21H24FN3O4S/c1-24(2)21(27)16-3-9-19(10-4-16)30(28,29)25-13-11-15(12-14-25)20(26)23-18-7-5-17(22)6-8-18/h3-10,15H,11-14H2,1-2H3,(H,23,26). The highest BCUT2D eigenvalue weighted by Crippen LogP contribution is 2.25. The molecular weight excluding hydrogens is 409 g/mol. The normalized spacial score (nSPS) is 15.6. The third kappa shape index (κ3) is 4.85. The molecule has 0 unspecified atom stereocenters. The van der Waals surface area contributed by atoms with E-state index in [1.807, 2.05) is 0 Å². The first kappa shape index (κ1) is 21.9. The van der Waals surface area contributed by atoms with Crippen LogP contribution in [-0.4, -0.2) is 56.6 Å². The first-order chi connectivity index (χ1) is 14.2. The molecule has 1 fully saturated rings. The second kappa shape index (κ2) is 8.93. The highest BCUT2D eigenvalue weighted by atomic mass is 32.2. The van der Waals surface area contributed by atoms with E-state index in [1.54, 1.807) is 14.1 Å². The van der Waals surface area contributed by atoms with Gasteiger partial charge in [0.15, 0.2) is 0 Å². The lowest BCUT2D eigenvalue weighted by atomic mass is 9.97. The van der Waals surface area contributed by atoms with Crippen molar-refractivity contribution in [3.63, 3.8) is 0 Å². The fourth-order valence-corrected chi connectivity index (χ4v) is 4.78. The van der Waals surface area contributed by atoms with E-state index in [0.29, 0.717) is 24.1 Å². The molecule has 1 saturated heterocycles. The van der Waals surface area contributed by atoms with E-state index in [-0.39, 0.29) is 41.5 Å². The van der Waals surface area contributed by atoms with Crippen LogP contribution >= 0.6 is 0 Å². The number of benzene rings is 2. The maximum absolute atomic E-state index is 13.0. The predicted molar refractivity (Wildman–Crippen MR) is 111 cm³/mol. The highest BCUT2D eigenvalue weighted by Gasteiger charge is 2.32. The molecule has 2 amide bonds. The molecule has 0 aromatic heterocycles. The van der Waals surface area contributed by atoms with Crippen molar-refractivity contribution in [2.45, 2.75) is 17.7 Å². The summed E-state index contributed by atoms with van der Waals surface area (Å²) in [4.78, 5) is 25.9. The van der Waals surface area contributed by atoms with E-state index < -0.39 is 10.0 Å². The summed E-state index contributed by atoms with van der Waals surface area (Å²) < 4.78 is 40.1. The van der Waals surface area contributed by atoms with Crippen LogP contribution in [0.15, 0.2) is 53.4 Å². The fraction of sp³-hybridized carbons (Fsp3) is 0.333. The SMILES string of the molecule is CN(C)C(=O)c1ccc(S(=O)(=O)N2CCC(C(=O)Nc3ccc(F)cc3)CC2)cc1. The second-order valence-electron chi connectivity index (χ2n) is 7.40. The van der Waals surface area contributed by atoms with Crippen LogP contribution in [0.1, 0.15) is 23.2 Å². The van der Waals surface area contributed by atoms with Crippen molar-refractivity contribution in [3.8, 4) is 0 Å². The van der Waals surface area contributed by atoms with Crippen LogP contribution in [0.4, 0.5) is 10.1 Å². The summed E-state index contributed by atoms with van der Waals surface area (Å²) in [6.07, 6.45) is 0.785. The second-order valence-corrected chi connectivity index (χ2v) is 9.34. The number of nitrogens with zero attached hydrogens (tertiary/aromatic N) is 2. The van der Waals surface area contributed by atoms with Crippen molar-refractivity contribution in [1.29, 1.82) is 0 Å². The van der Waals surface area contributed by atoms with Gasteiger partial charge in [-0.1, -0.05) is 0 Å². The van der Waals surface area contributed by atoms with Crippen molar-refractivity contribution in [1.82, 2.24) is 9.21 Å². The lowest BCUT2D eigenvalue weighted by Crippen LogP contribution is -2.41. The van der Waals surface area contributed by atoms with Gasteiger partial charge in [0.1, 0.15) is 5.82 Å². The average Bonchev–Trinajstić information content (AvgIpc) is 2.75. The Kier molecular flexibility index (Phi) is 6.52. The molecule has 1 N–H and O–H groups in total. The smallest absolute Gasteiger partial charge is 0.253 e. The molecule has 1 heterocycles. The Bertz CT molecular complexity index is 1010. The molecule has 9 heteroatoms. The van der Waals surface area contributed by atoms with Crippen LogP contribution in [0.25, 0.3) is 0 Å². The van der Waals surface area contributed by atoms with E-state index >= 15 is 0 Å². The number of carbonyl (C=O) groups excluding carboxylic acids is 2. The molecule has 30 heavy (non-hydrogen) atoms. The van der Waals surface area contributed by atoms with Gasteiger partial charge in [-0.3, -0.25) is 9.59 Å². The number of anilines is 1. The zero-order valence-corrected chi connectivity index (χ0v) is 17.7. The highest BCUT2D eigenvalue weighted by molar-refractivity contribution is 7.89. The largest absolute Gasteiger partial charge is 0.345 e. The molecule has 0 aliphatic carbocycles. The van der Waals surface area contributed by atoms with Gasteiger partial charge in [0.05, 0.1) is 4.90 Å². The minimum absolute atomic E-state index is 0.118. The Morgan fingerprint density at radius 3 is 2.10 bits per heavy atom. The van der Waals surface area contributed by atoms with Crippen molar-refractivity contribution < 1.29 is 22.4 Å². The molecular formula is C21H24FN3O4S. The monoisotopic (exact) mass is 433 g/mol. The molecule has 0 radical (unpaired) electrons. The van der Waals surface area contributed by atoms with Crippen LogP contribution in [-0.2, 0) is 14.8 Å². The van der Waals surface area contributed by atoms with Gasteiger partial charge in [-0.05, 0) is 61.4 Å². The molecule has 0 saturated carbocycles. The third-order valence-corrected chi connectivity index (χ3v) is 6.99. The molecule has 160 valence electrons. The Labute approximate surface area is 175 Å². The maximum atomic E-state index is 13.0. The van der Waals surface area contributed by atoms with Crippen LogP contribution in [0.5, 0.6) is 0 Å². The van der Waals surface area contributed by atoms with Crippen molar-refractivity contribution in [2.75, 3.05) is 32.5 Å². The first-order valence-corrected chi connectivity index (χ1v) is 11.0. The summed E-state index contributed by atoms with van der Waals surface area (Å²) in [6, 6.07) is 11.4. The number of hydrogen-bond acceptors (Lipinski definition) is 4. The van der Waals surface area contributed by atoms with E-state index in [1.165, 1.54) is 57.7 Å².